The largest absolute Gasteiger partial charge is 0.454 e. The van der Waals surface area contributed by atoms with Crippen LogP contribution in [0.3, 0.4) is 0 Å². The molecule has 0 unspecified atom stereocenters. The van der Waals surface area contributed by atoms with E-state index in [0.717, 1.165) is 32.3 Å². The molecule has 34 heavy (non-hydrogen) atoms. The SMILES string of the molecule is C=[C-]c1c(C=C)c(=C/C)/c(=C\C=C)c2ccc[c-]c12.CB1OC(C)(C)C(C)(C)O1.CC.CC.[Y]. The average Bonchev–Trinajstić information content (AvgIpc) is 3.00. The zero-order valence-corrected chi connectivity index (χ0v) is 26.0. The molecule has 2 nitrogen and oxygen atoms in total. The van der Waals surface area contributed by atoms with Crippen molar-refractivity contribution in [2.45, 2.75) is 80.3 Å². The quantitative estimate of drug-likeness (QED) is 0.307. The molecule has 0 amide bonds. The van der Waals surface area contributed by atoms with Crippen LogP contribution in [0.25, 0.3) is 29.0 Å². The Labute approximate surface area is 234 Å². The summed E-state index contributed by atoms with van der Waals surface area (Å²) in [5.74, 6) is 0. The van der Waals surface area contributed by atoms with Crippen molar-refractivity contribution in [3.8, 4) is 0 Å². The minimum Gasteiger partial charge on any atom is -0.403 e. The van der Waals surface area contributed by atoms with E-state index < -0.39 is 0 Å². The van der Waals surface area contributed by atoms with E-state index >= 15 is 0 Å². The molecular formula is C30H43BO2Y-2. The molecule has 0 saturated carbocycles. The fourth-order valence-corrected chi connectivity index (χ4v) is 3.57. The molecule has 0 aromatic heterocycles. The number of allylic oxidation sites excluding steroid dienone is 1. The third-order valence-corrected chi connectivity index (χ3v) is 5.57. The molecule has 0 aliphatic carbocycles. The fraction of sp³-hybridized carbons (Fsp3) is 0.400. The Bertz CT molecular complexity index is 1040. The first kappa shape index (κ1) is 34.9. The van der Waals surface area contributed by atoms with Crippen LogP contribution >= 0.6 is 0 Å². The van der Waals surface area contributed by atoms with Crippen LogP contribution in [-0.2, 0) is 42.0 Å². The smallest absolute Gasteiger partial charge is 0.403 e. The summed E-state index contributed by atoms with van der Waals surface area (Å²) in [5.41, 5.74) is 1.68. The van der Waals surface area contributed by atoms with Gasteiger partial charge >= 0.3 is 7.12 Å². The van der Waals surface area contributed by atoms with Crippen LogP contribution in [-0.4, -0.2) is 18.3 Å². The Kier molecular flexibility index (Phi) is 16.9. The zero-order chi connectivity index (χ0) is 25.8. The van der Waals surface area contributed by atoms with E-state index in [2.05, 4.69) is 71.7 Å². The molecule has 2 aromatic carbocycles. The van der Waals surface area contributed by atoms with Crippen molar-refractivity contribution in [3.05, 3.63) is 77.7 Å². The standard InChI is InChI=1S/C19H16.C7H15BO2.2C2H6.Y/c1-5-11-17-15(7-3)14(6-2)16(8-4)18-12-9-10-13-19(17)18;1-6(2)7(3,4)10-8(5)9-6;2*1-2;/h5-7,9-11,13H,1-2,4H2,3H3;1-5H3;2*1-2H3;/q-2;;;;/b15-7-,17-11+;;;;. The van der Waals surface area contributed by atoms with E-state index in [4.69, 9.17) is 9.31 Å². The van der Waals surface area contributed by atoms with E-state index in [0.29, 0.717) is 0 Å². The van der Waals surface area contributed by atoms with Gasteiger partial charge in [-0.2, -0.15) is 23.6 Å². The molecule has 1 aliphatic rings. The number of hydrogen-bond donors (Lipinski definition) is 0. The maximum Gasteiger partial charge on any atom is 0.454 e. The topological polar surface area (TPSA) is 18.5 Å². The van der Waals surface area contributed by atoms with Gasteiger partial charge in [-0.15, -0.1) is 24.8 Å². The van der Waals surface area contributed by atoms with Crippen molar-refractivity contribution in [2.75, 3.05) is 0 Å². The van der Waals surface area contributed by atoms with Crippen LogP contribution in [0.1, 0.15) is 73.4 Å². The third kappa shape index (κ3) is 8.16. The second-order valence-corrected chi connectivity index (χ2v) is 7.97. The summed E-state index contributed by atoms with van der Waals surface area (Å²) in [7, 11) is -0.0648. The number of rotatable bonds is 3. The zero-order valence-electron chi connectivity index (χ0n) is 23.1. The van der Waals surface area contributed by atoms with Crippen LogP contribution in [0, 0.1) is 12.1 Å². The molecule has 1 radical (unpaired) electrons. The van der Waals surface area contributed by atoms with Crippen molar-refractivity contribution < 1.29 is 42.0 Å². The van der Waals surface area contributed by atoms with Gasteiger partial charge in [-0.3, -0.25) is 5.56 Å². The normalized spacial score (nSPS) is 16.0. The van der Waals surface area contributed by atoms with Gasteiger partial charge in [-0.25, -0.2) is 17.5 Å². The van der Waals surface area contributed by atoms with Gasteiger partial charge in [0, 0.05) is 32.7 Å². The predicted molar refractivity (Wildman–Crippen MR) is 150 cm³/mol. The third-order valence-electron chi connectivity index (χ3n) is 5.57. The maximum absolute atomic E-state index is 5.54. The van der Waals surface area contributed by atoms with Gasteiger partial charge < -0.3 is 9.31 Å². The number of benzene rings is 2. The monoisotopic (exact) mass is 535 g/mol. The summed E-state index contributed by atoms with van der Waals surface area (Å²) < 4.78 is 11.1. The minimum atomic E-state index is -0.160. The van der Waals surface area contributed by atoms with E-state index in [9.17, 15) is 0 Å². The average molecular weight is 535 g/mol. The van der Waals surface area contributed by atoms with Gasteiger partial charge in [-0.1, -0.05) is 62.9 Å². The van der Waals surface area contributed by atoms with Crippen molar-refractivity contribution >= 4 is 36.1 Å². The van der Waals surface area contributed by atoms with Gasteiger partial charge in [0.15, 0.2) is 0 Å². The van der Waals surface area contributed by atoms with Crippen molar-refractivity contribution in [1.29, 1.82) is 0 Å². The first-order valence-electron chi connectivity index (χ1n) is 11.9. The number of fused-ring (bicyclic) bond motifs is 1. The molecular weight excluding hydrogens is 492 g/mol. The van der Waals surface area contributed by atoms with E-state index in [1.165, 1.54) is 0 Å². The van der Waals surface area contributed by atoms with E-state index in [1.807, 2.05) is 65.7 Å². The molecule has 2 aromatic rings. The van der Waals surface area contributed by atoms with Gasteiger partial charge in [-0.05, 0) is 41.4 Å². The molecule has 1 aliphatic heterocycles. The summed E-state index contributed by atoms with van der Waals surface area (Å²) in [6.07, 6.45) is 10.8. The van der Waals surface area contributed by atoms with Crippen LogP contribution in [0.4, 0.5) is 0 Å². The fourth-order valence-electron chi connectivity index (χ4n) is 3.57. The molecule has 0 spiro atoms. The molecule has 0 bridgehead atoms. The van der Waals surface area contributed by atoms with Crippen molar-refractivity contribution in [2.24, 2.45) is 0 Å². The Hall–Kier alpha value is -1.25. The van der Waals surface area contributed by atoms with Crippen LogP contribution < -0.4 is 10.4 Å². The first-order chi connectivity index (χ1) is 15.6. The maximum atomic E-state index is 5.54. The van der Waals surface area contributed by atoms with Crippen LogP contribution in [0.15, 0.2) is 44.0 Å². The van der Waals surface area contributed by atoms with Gasteiger partial charge in [0.05, 0.1) is 11.2 Å². The molecule has 183 valence electrons. The molecule has 4 heteroatoms. The van der Waals surface area contributed by atoms with Gasteiger partial charge in [0.2, 0.25) is 0 Å². The molecule has 1 fully saturated rings. The Morgan fingerprint density at radius 3 is 1.88 bits per heavy atom. The molecule has 3 rings (SSSR count). The molecule has 1 saturated heterocycles. The summed E-state index contributed by atoms with van der Waals surface area (Å²) in [5, 5.41) is 4.42. The summed E-state index contributed by atoms with van der Waals surface area (Å²) in [4.78, 5) is 0. The van der Waals surface area contributed by atoms with Crippen molar-refractivity contribution in [3.63, 3.8) is 0 Å². The summed E-state index contributed by atoms with van der Waals surface area (Å²) in [6, 6.07) is 9.26. The van der Waals surface area contributed by atoms with Crippen LogP contribution in [0.5, 0.6) is 0 Å². The van der Waals surface area contributed by atoms with E-state index in [-0.39, 0.29) is 51.0 Å². The first-order valence-corrected chi connectivity index (χ1v) is 11.9. The second kappa shape index (κ2) is 16.4. The molecule has 1 heterocycles. The van der Waals surface area contributed by atoms with E-state index in [1.54, 1.807) is 6.08 Å². The second-order valence-electron chi connectivity index (χ2n) is 7.97. The van der Waals surface area contributed by atoms with Gasteiger partial charge in [0.1, 0.15) is 0 Å². The van der Waals surface area contributed by atoms with Crippen LogP contribution in [0.2, 0.25) is 6.82 Å². The Balaban J connectivity index is 0. The van der Waals surface area contributed by atoms with Gasteiger partial charge in [0.25, 0.3) is 0 Å². The minimum absolute atomic E-state index is 0. The summed E-state index contributed by atoms with van der Waals surface area (Å²) >= 11 is 0. The molecule has 0 N–H and O–H groups in total. The Morgan fingerprint density at radius 1 is 1.00 bits per heavy atom. The predicted octanol–water partition coefficient (Wildman–Crippen LogP) is 7.15. The number of hydrogen-bond acceptors (Lipinski definition) is 2. The van der Waals surface area contributed by atoms with Crippen molar-refractivity contribution in [1.82, 2.24) is 0 Å². The Morgan fingerprint density at radius 2 is 1.53 bits per heavy atom. The molecule has 0 atom stereocenters. The summed E-state index contributed by atoms with van der Waals surface area (Å²) in [6.45, 7) is 31.7.